The van der Waals surface area contributed by atoms with Gasteiger partial charge in [0.2, 0.25) is 17.8 Å². The molecule has 7 N–H and O–H groups in total. The molecule has 18 nitrogen and oxygen atoms in total. The maximum absolute atomic E-state index is 13.7. The average Bonchev–Trinajstić information content (AvgIpc) is 3.24. The Bertz CT molecular complexity index is 3050. The van der Waals surface area contributed by atoms with Crippen molar-refractivity contribution in [3.8, 4) is 5.75 Å². The van der Waals surface area contributed by atoms with Crippen molar-refractivity contribution >= 4 is 91.0 Å². The molecular formula is C42H28N10Na2O8S. The summed E-state index contributed by atoms with van der Waals surface area (Å²) in [6.07, 6.45) is 0. The van der Waals surface area contributed by atoms with Crippen LogP contribution in [0.25, 0.3) is 0 Å². The summed E-state index contributed by atoms with van der Waals surface area (Å²) in [6.45, 7) is 0. The fourth-order valence-corrected chi connectivity index (χ4v) is 6.95. The fourth-order valence-electron chi connectivity index (χ4n) is 6.32. The second kappa shape index (κ2) is 19.2. The van der Waals surface area contributed by atoms with Crippen LogP contribution >= 0.6 is 0 Å². The Morgan fingerprint density at radius 3 is 1.57 bits per heavy atom. The van der Waals surface area contributed by atoms with Crippen molar-refractivity contribution in [1.82, 2.24) is 15.0 Å². The van der Waals surface area contributed by atoms with Gasteiger partial charge in [0, 0.05) is 39.4 Å². The van der Waals surface area contributed by atoms with Crippen LogP contribution in [-0.4, -0.2) is 50.6 Å². The number of nitrogens with two attached hydrogens (primary N) is 1. The number of aromatic hydroxyl groups is 1. The maximum Gasteiger partial charge on any atom is 1.00 e. The number of benzene rings is 6. The molecule has 1 aliphatic rings. The number of azo groups is 1. The number of fused-ring (bicyclic) bond motifs is 2. The smallest absolute Gasteiger partial charge is 0.744 e. The quantitative estimate of drug-likeness (QED) is 0.0424. The number of nitrogens with zero attached hydrogens (tertiary/aromatic N) is 5. The molecule has 7 aromatic rings. The van der Waals surface area contributed by atoms with Gasteiger partial charge in [-0.2, -0.15) is 25.2 Å². The number of ketones is 2. The van der Waals surface area contributed by atoms with Crippen molar-refractivity contribution in [3.05, 3.63) is 155 Å². The molecule has 0 bridgehead atoms. The number of hydrogen-bond donors (Lipinski definition) is 6. The first-order chi connectivity index (χ1) is 29.3. The van der Waals surface area contributed by atoms with Crippen molar-refractivity contribution in [2.24, 2.45) is 10.2 Å². The third-order valence-electron chi connectivity index (χ3n) is 9.16. The SMILES string of the molecule is Nc1c(S(=O)(=O)[O-])cc(Nc2ccc(Nc3nc(Nc4ccccc4)nc(Nc4ccc(N=Nc5ccc(O)c(C(=O)[O-])c5)cc4)n3)cc2)c2c1C(=O)c1ccccc1C2=O.[Na+].[Na+]. The molecule has 0 amide bonds. The Morgan fingerprint density at radius 2 is 1.05 bits per heavy atom. The van der Waals surface area contributed by atoms with Crippen molar-refractivity contribution in [2.45, 2.75) is 4.90 Å². The molecule has 0 saturated heterocycles. The number of rotatable bonds is 12. The van der Waals surface area contributed by atoms with Crippen LogP contribution in [0.3, 0.4) is 0 Å². The second-order valence-corrected chi connectivity index (χ2v) is 14.6. The maximum atomic E-state index is 13.7. The summed E-state index contributed by atoms with van der Waals surface area (Å²) in [5, 5.41) is 41.5. The van der Waals surface area contributed by atoms with E-state index in [0.29, 0.717) is 28.4 Å². The molecule has 1 heterocycles. The van der Waals surface area contributed by atoms with Crippen LogP contribution in [0, 0.1) is 0 Å². The van der Waals surface area contributed by atoms with E-state index in [1.165, 1.54) is 24.3 Å². The van der Waals surface area contributed by atoms with Gasteiger partial charge in [0.1, 0.15) is 15.9 Å². The van der Waals surface area contributed by atoms with E-state index in [0.717, 1.165) is 12.1 Å². The molecule has 6 aromatic carbocycles. The van der Waals surface area contributed by atoms with Crippen LogP contribution < -0.4 is 91.2 Å². The summed E-state index contributed by atoms with van der Waals surface area (Å²) >= 11 is 0. The number of carboxylic acids is 1. The molecule has 21 heteroatoms. The average molecular weight is 879 g/mol. The van der Waals surface area contributed by atoms with Gasteiger partial charge in [0.05, 0.1) is 44.7 Å². The number of phenols is 1. The third kappa shape index (κ3) is 10.2. The van der Waals surface area contributed by atoms with Gasteiger partial charge in [0.25, 0.3) is 0 Å². The second-order valence-electron chi connectivity index (χ2n) is 13.2. The molecule has 302 valence electrons. The number of aromatic nitrogens is 3. The van der Waals surface area contributed by atoms with Gasteiger partial charge in [-0.25, -0.2) is 8.42 Å². The predicted molar refractivity (Wildman–Crippen MR) is 221 cm³/mol. The number of carboxylic acid groups (broad SMARTS) is 1. The van der Waals surface area contributed by atoms with E-state index in [-0.39, 0.29) is 111 Å². The number of carbonyl (C=O) groups excluding carboxylic acids is 3. The van der Waals surface area contributed by atoms with E-state index in [9.17, 15) is 37.6 Å². The zero-order chi connectivity index (χ0) is 42.8. The van der Waals surface area contributed by atoms with Gasteiger partial charge in [-0.3, -0.25) is 9.59 Å². The van der Waals surface area contributed by atoms with Crippen LogP contribution in [0.4, 0.5) is 63.3 Å². The van der Waals surface area contributed by atoms with E-state index in [1.54, 1.807) is 60.7 Å². The standard InChI is InChI=1S/C42H30N10O8S.2Na/c43-36-33(61(58,59)60)21-31(34-35(36)38(55)29-9-5-4-8-28(29)37(34)54)44-23-10-12-24(13-11-23)46-41-48-40(45-22-6-2-1-3-7-22)49-42(50-41)47-25-14-16-26(17-15-25)51-52-27-18-19-32(53)30(20-27)39(56)57;;/h1-21,44,53H,43H2,(H,56,57)(H,58,59,60)(H3,45,46,47,48,49,50);;/q;2*+1/p-2. The minimum Gasteiger partial charge on any atom is -0.744 e. The Balaban J connectivity index is 0.00000330. The van der Waals surface area contributed by atoms with Crippen molar-refractivity contribution < 1.29 is 96.7 Å². The van der Waals surface area contributed by atoms with Crippen molar-refractivity contribution in [1.29, 1.82) is 0 Å². The molecule has 0 atom stereocenters. The number of hydrogen-bond acceptors (Lipinski definition) is 18. The number of carbonyl (C=O) groups is 3. The molecule has 0 aliphatic heterocycles. The topological polar surface area (TPSA) is 289 Å². The predicted octanol–water partition coefficient (Wildman–Crippen LogP) is 0.600. The Morgan fingerprint density at radius 1 is 0.603 bits per heavy atom. The molecule has 0 saturated carbocycles. The fraction of sp³-hybridized carbons (Fsp3) is 0. The third-order valence-corrected chi connectivity index (χ3v) is 10.0. The number of para-hydroxylation sites is 1. The molecule has 63 heavy (non-hydrogen) atoms. The first kappa shape index (κ1) is 46.0. The molecule has 0 spiro atoms. The summed E-state index contributed by atoms with van der Waals surface area (Å²) in [6, 6.07) is 33.1. The first-order valence-corrected chi connectivity index (χ1v) is 19.4. The van der Waals surface area contributed by atoms with Gasteiger partial charge < -0.3 is 46.6 Å². The van der Waals surface area contributed by atoms with Gasteiger partial charge in [-0.15, -0.1) is 0 Å². The summed E-state index contributed by atoms with van der Waals surface area (Å²) in [5.41, 5.74) is 7.35. The number of anilines is 9. The summed E-state index contributed by atoms with van der Waals surface area (Å²) in [5.74, 6) is -2.78. The van der Waals surface area contributed by atoms with E-state index >= 15 is 0 Å². The van der Waals surface area contributed by atoms with E-state index in [1.807, 2.05) is 30.3 Å². The van der Waals surface area contributed by atoms with Gasteiger partial charge >= 0.3 is 59.1 Å². The van der Waals surface area contributed by atoms with E-state index in [2.05, 4.69) is 46.4 Å². The normalized spacial score (nSPS) is 11.7. The molecule has 1 aromatic heterocycles. The minimum atomic E-state index is -5.16. The van der Waals surface area contributed by atoms with Gasteiger partial charge in [-0.1, -0.05) is 42.5 Å². The first-order valence-electron chi connectivity index (χ1n) is 18.0. The Labute approximate surface area is 402 Å². The zero-order valence-corrected chi connectivity index (χ0v) is 38.0. The molecule has 1 aliphatic carbocycles. The minimum absolute atomic E-state index is 0. The molecule has 8 rings (SSSR count). The van der Waals surface area contributed by atoms with Crippen LogP contribution in [0.15, 0.2) is 143 Å². The van der Waals surface area contributed by atoms with E-state index in [4.69, 9.17) is 5.73 Å². The Hall–Kier alpha value is -6.55. The van der Waals surface area contributed by atoms with Gasteiger partial charge in [0.15, 0.2) is 11.6 Å². The summed E-state index contributed by atoms with van der Waals surface area (Å²) in [7, 11) is -5.16. The van der Waals surface area contributed by atoms with Crippen molar-refractivity contribution in [3.63, 3.8) is 0 Å². The number of nitrogen functional groups attached to an aromatic ring is 1. The Kier molecular flexibility index (Phi) is 14.0. The molecular weight excluding hydrogens is 851 g/mol. The molecule has 0 unspecified atom stereocenters. The number of aromatic carboxylic acids is 1. The van der Waals surface area contributed by atoms with Gasteiger partial charge in [-0.05, 0) is 84.9 Å². The molecule has 0 radical (unpaired) electrons. The monoisotopic (exact) mass is 878 g/mol. The van der Waals surface area contributed by atoms with Crippen LogP contribution in [-0.2, 0) is 10.1 Å². The van der Waals surface area contributed by atoms with Crippen LogP contribution in [0.2, 0.25) is 0 Å². The summed E-state index contributed by atoms with van der Waals surface area (Å²) < 4.78 is 36.7. The van der Waals surface area contributed by atoms with E-state index < -0.39 is 49.5 Å². The van der Waals surface area contributed by atoms with Crippen LogP contribution in [0.1, 0.15) is 42.2 Å². The molecule has 0 fully saturated rings. The number of nitrogens with one attached hydrogen (secondary N) is 4. The zero-order valence-electron chi connectivity index (χ0n) is 33.2. The summed E-state index contributed by atoms with van der Waals surface area (Å²) in [4.78, 5) is 51.2. The largest absolute Gasteiger partial charge is 1.00 e. The van der Waals surface area contributed by atoms with Crippen molar-refractivity contribution in [2.75, 3.05) is 27.0 Å². The van der Waals surface area contributed by atoms with Crippen LogP contribution in [0.5, 0.6) is 5.75 Å².